The Balaban J connectivity index is 1.58. The average Bonchev–Trinajstić information content (AvgIpc) is 3.00. The number of thioether (sulfide) groups is 1. The lowest BCUT2D eigenvalue weighted by atomic mass is 10.2. The van der Waals surface area contributed by atoms with Gasteiger partial charge in [-0.05, 0) is 38.0 Å². The lowest BCUT2D eigenvalue weighted by Crippen LogP contribution is -2.37. The Hall–Kier alpha value is -1.36. The van der Waals surface area contributed by atoms with Crippen LogP contribution in [-0.2, 0) is 4.79 Å². The van der Waals surface area contributed by atoms with Crippen molar-refractivity contribution in [3.8, 4) is 11.5 Å². The maximum Gasteiger partial charge on any atom is 0.233 e. The first kappa shape index (κ1) is 14.6. The summed E-state index contributed by atoms with van der Waals surface area (Å²) >= 11 is 1.56. The van der Waals surface area contributed by atoms with Gasteiger partial charge in [0.2, 0.25) is 5.91 Å². The van der Waals surface area contributed by atoms with Crippen molar-refractivity contribution in [3.05, 3.63) is 18.2 Å². The van der Waals surface area contributed by atoms with E-state index < -0.39 is 0 Å². The van der Waals surface area contributed by atoms with Crippen molar-refractivity contribution < 1.29 is 14.3 Å². The summed E-state index contributed by atoms with van der Waals surface area (Å²) in [4.78, 5) is 13.2. The van der Waals surface area contributed by atoms with Crippen LogP contribution in [0.1, 0.15) is 32.6 Å². The average molecular weight is 307 g/mol. The van der Waals surface area contributed by atoms with Crippen LogP contribution in [0.25, 0.3) is 0 Å². The highest BCUT2D eigenvalue weighted by atomic mass is 32.2. The Morgan fingerprint density at radius 1 is 1.24 bits per heavy atom. The maximum atomic E-state index is 12.2. The van der Waals surface area contributed by atoms with Crippen molar-refractivity contribution in [1.82, 2.24) is 5.32 Å². The fourth-order valence-corrected chi connectivity index (χ4v) is 3.65. The molecule has 3 rings (SSSR count). The minimum absolute atomic E-state index is 0.104. The molecule has 0 spiro atoms. The molecule has 21 heavy (non-hydrogen) atoms. The van der Waals surface area contributed by atoms with Crippen LogP contribution < -0.4 is 14.8 Å². The predicted molar refractivity (Wildman–Crippen MR) is 83.1 cm³/mol. The van der Waals surface area contributed by atoms with E-state index in [0.29, 0.717) is 19.3 Å². The second-order valence-corrected chi connectivity index (χ2v) is 6.97. The fraction of sp³-hybridized carbons (Fsp3) is 0.562. The van der Waals surface area contributed by atoms with E-state index in [0.717, 1.165) is 29.2 Å². The summed E-state index contributed by atoms with van der Waals surface area (Å²) in [5.74, 6) is 1.69. The summed E-state index contributed by atoms with van der Waals surface area (Å²) in [6.07, 6.45) is 4.70. The number of benzene rings is 1. The van der Waals surface area contributed by atoms with Crippen LogP contribution in [0.3, 0.4) is 0 Å². The fourth-order valence-electron chi connectivity index (χ4n) is 2.74. The molecule has 1 amide bonds. The molecule has 1 fully saturated rings. The van der Waals surface area contributed by atoms with Crippen LogP contribution in [0.5, 0.6) is 11.5 Å². The first-order valence-corrected chi connectivity index (χ1v) is 8.47. The Morgan fingerprint density at radius 2 is 1.95 bits per heavy atom. The van der Waals surface area contributed by atoms with Gasteiger partial charge in [-0.1, -0.05) is 12.8 Å². The van der Waals surface area contributed by atoms with Crippen LogP contribution >= 0.6 is 11.8 Å². The second kappa shape index (κ2) is 6.60. The molecule has 1 saturated carbocycles. The zero-order valence-electron chi connectivity index (χ0n) is 12.3. The van der Waals surface area contributed by atoms with Crippen molar-refractivity contribution in [1.29, 1.82) is 0 Å². The van der Waals surface area contributed by atoms with Gasteiger partial charge in [0.05, 0.1) is 5.25 Å². The SMILES string of the molecule is C[C@H](Sc1ccc2c(c1)OCCO2)C(=O)NC1CCCC1. The molecule has 0 unspecified atom stereocenters. The van der Waals surface area contributed by atoms with E-state index in [4.69, 9.17) is 9.47 Å². The van der Waals surface area contributed by atoms with Gasteiger partial charge < -0.3 is 14.8 Å². The van der Waals surface area contributed by atoms with Gasteiger partial charge in [-0.3, -0.25) is 4.79 Å². The van der Waals surface area contributed by atoms with Gasteiger partial charge in [0.1, 0.15) is 13.2 Å². The van der Waals surface area contributed by atoms with Crippen molar-refractivity contribution in [3.63, 3.8) is 0 Å². The third kappa shape index (κ3) is 3.64. The molecule has 1 N–H and O–H groups in total. The molecule has 0 bridgehead atoms. The van der Waals surface area contributed by atoms with E-state index in [-0.39, 0.29) is 11.2 Å². The Kier molecular flexibility index (Phi) is 4.58. The number of carbonyl (C=O) groups excluding carboxylic acids is 1. The van der Waals surface area contributed by atoms with E-state index in [2.05, 4.69) is 5.32 Å². The van der Waals surface area contributed by atoms with Crippen LogP contribution in [-0.4, -0.2) is 30.4 Å². The van der Waals surface area contributed by atoms with Crippen LogP contribution in [0.2, 0.25) is 0 Å². The van der Waals surface area contributed by atoms with Gasteiger partial charge in [0.25, 0.3) is 0 Å². The van der Waals surface area contributed by atoms with E-state index in [9.17, 15) is 4.79 Å². The van der Waals surface area contributed by atoms with Crippen molar-refractivity contribution in [2.75, 3.05) is 13.2 Å². The molecule has 114 valence electrons. The summed E-state index contributed by atoms with van der Waals surface area (Å²) in [6, 6.07) is 6.23. The zero-order valence-corrected chi connectivity index (χ0v) is 13.1. The number of amides is 1. The summed E-state index contributed by atoms with van der Waals surface area (Å²) in [5, 5.41) is 3.04. The van der Waals surface area contributed by atoms with Crippen LogP contribution in [0, 0.1) is 0 Å². The highest BCUT2D eigenvalue weighted by Crippen LogP contribution is 2.35. The van der Waals surface area contributed by atoms with Gasteiger partial charge in [-0.2, -0.15) is 0 Å². The first-order chi connectivity index (χ1) is 10.2. The number of ether oxygens (including phenoxy) is 2. The summed E-state index contributed by atoms with van der Waals surface area (Å²) in [7, 11) is 0. The van der Waals surface area contributed by atoms with Crippen molar-refractivity contribution in [2.24, 2.45) is 0 Å². The molecule has 0 radical (unpaired) electrons. The summed E-state index contributed by atoms with van der Waals surface area (Å²) in [6.45, 7) is 3.13. The van der Waals surface area contributed by atoms with Crippen LogP contribution in [0.4, 0.5) is 0 Å². The second-order valence-electron chi connectivity index (χ2n) is 5.56. The van der Waals surface area contributed by atoms with Gasteiger partial charge in [-0.15, -0.1) is 11.8 Å². The molecule has 5 heteroatoms. The molecule has 2 aliphatic rings. The molecule has 0 aromatic heterocycles. The molecule has 4 nitrogen and oxygen atoms in total. The predicted octanol–water partition coefficient (Wildman–Crippen LogP) is 3.00. The number of hydrogen-bond acceptors (Lipinski definition) is 4. The molecule has 1 atom stereocenters. The minimum atomic E-state index is -0.104. The van der Waals surface area contributed by atoms with E-state index in [1.54, 1.807) is 11.8 Å². The molecule has 1 aliphatic carbocycles. The molecule has 1 aromatic carbocycles. The molecule has 0 saturated heterocycles. The monoisotopic (exact) mass is 307 g/mol. The van der Waals surface area contributed by atoms with Gasteiger partial charge in [0, 0.05) is 10.9 Å². The molecular weight excluding hydrogens is 286 g/mol. The maximum absolute atomic E-state index is 12.2. The number of hydrogen-bond donors (Lipinski definition) is 1. The topological polar surface area (TPSA) is 47.6 Å². The van der Waals surface area contributed by atoms with Crippen molar-refractivity contribution >= 4 is 17.7 Å². The molecular formula is C16H21NO3S. The molecule has 1 aromatic rings. The number of rotatable bonds is 4. The third-order valence-corrected chi connectivity index (χ3v) is 4.99. The normalized spacial score (nSPS) is 19.3. The number of nitrogens with one attached hydrogen (secondary N) is 1. The zero-order chi connectivity index (χ0) is 14.7. The van der Waals surface area contributed by atoms with Gasteiger partial charge in [-0.25, -0.2) is 0 Å². The lowest BCUT2D eigenvalue weighted by Gasteiger charge is -2.20. The van der Waals surface area contributed by atoms with Gasteiger partial charge >= 0.3 is 0 Å². The molecule has 1 aliphatic heterocycles. The highest BCUT2D eigenvalue weighted by Gasteiger charge is 2.22. The molecule has 1 heterocycles. The first-order valence-electron chi connectivity index (χ1n) is 7.59. The summed E-state index contributed by atoms with van der Waals surface area (Å²) < 4.78 is 11.1. The van der Waals surface area contributed by atoms with E-state index >= 15 is 0 Å². The van der Waals surface area contributed by atoms with Crippen molar-refractivity contribution in [2.45, 2.75) is 48.8 Å². The Bertz CT molecular complexity index is 514. The van der Waals surface area contributed by atoms with E-state index in [1.807, 2.05) is 25.1 Å². The largest absolute Gasteiger partial charge is 0.486 e. The van der Waals surface area contributed by atoms with Gasteiger partial charge in [0.15, 0.2) is 11.5 Å². The van der Waals surface area contributed by atoms with Crippen LogP contribution in [0.15, 0.2) is 23.1 Å². The number of fused-ring (bicyclic) bond motifs is 1. The standard InChI is InChI=1S/C16H21NO3S/c1-11(16(18)17-12-4-2-3-5-12)21-13-6-7-14-15(10-13)20-9-8-19-14/h6-7,10-12H,2-5,8-9H2,1H3,(H,17,18)/t11-/m0/s1. The number of carbonyl (C=O) groups is 1. The minimum Gasteiger partial charge on any atom is -0.486 e. The third-order valence-electron chi connectivity index (χ3n) is 3.90. The Morgan fingerprint density at radius 3 is 2.71 bits per heavy atom. The highest BCUT2D eigenvalue weighted by molar-refractivity contribution is 8.00. The quantitative estimate of drug-likeness (QED) is 0.869. The summed E-state index contributed by atoms with van der Waals surface area (Å²) in [5.41, 5.74) is 0. The lowest BCUT2D eigenvalue weighted by molar-refractivity contribution is -0.120. The van der Waals surface area contributed by atoms with E-state index in [1.165, 1.54) is 12.8 Å². The Labute approximate surface area is 129 Å². The smallest absolute Gasteiger partial charge is 0.233 e.